The summed E-state index contributed by atoms with van der Waals surface area (Å²) in [5, 5.41) is 7.34. The maximum atomic E-state index is 12.0. The van der Waals surface area contributed by atoms with E-state index in [9.17, 15) is 4.79 Å². The zero-order valence-electron chi connectivity index (χ0n) is 14.6. The van der Waals surface area contributed by atoms with Crippen molar-refractivity contribution >= 4 is 17.3 Å². The number of benzene rings is 1. The summed E-state index contributed by atoms with van der Waals surface area (Å²) in [6, 6.07) is 7.41. The molecule has 1 unspecified atom stereocenters. The normalized spacial score (nSPS) is 18.7. The van der Waals surface area contributed by atoms with Gasteiger partial charge in [0, 0.05) is 5.69 Å². The Kier molecular flexibility index (Phi) is 6.18. The highest BCUT2D eigenvalue weighted by molar-refractivity contribution is 6.01. The van der Waals surface area contributed by atoms with E-state index in [2.05, 4.69) is 28.5 Å². The van der Waals surface area contributed by atoms with Gasteiger partial charge in [0.1, 0.15) is 5.75 Å². The molecular weight excluding hydrogens is 302 g/mol. The van der Waals surface area contributed by atoms with Crippen molar-refractivity contribution in [1.29, 1.82) is 0 Å². The van der Waals surface area contributed by atoms with Gasteiger partial charge in [-0.2, -0.15) is 5.10 Å². The van der Waals surface area contributed by atoms with Gasteiger partial charge in [0.05, 0.1) is 19.4 Å². The van der Waals surface area contributed by atoms with E-state index >= 15 is 0 Å². The van der Waals surface area contributed by atoms with E-state index in [0.29, 0.717) is 5.92 Å². The average Bonchev–Trinajstić information content (AvgIpc) is 2.59. The summed E-state index contributed by atoms with van der Waals surface area (Å²) in [6.07, 6.45) is 3.97. The first-order valence-corrected chi connectivity index (χ1v) is 8.05. The lowest BCUT2D eigenvalue weighted by atomic mass is 9.85. The minimum atomic E-state index is -0.177. The van der Waals surface area contributed by atoms with Crippen LogP contribution in [-0.4, -0.2) is 25.3 Å². The Hall–Kier alpha value is -2.56. The molecule has 0 aromatic heterocycles. The van der Waals surface area contributed by atoms with Crippen LogP contribution < -0.4 is 15.5 Å². The number of ether oxygens (including phenoxy) is 1. The number of anilines is 1. The Morgan fingerprint density at radius 3 is 2.71 bits per heavy atom. The van der Waals surface area contributed by atoms with E-state index in [4.69, 9.17) is 4.74 Å². The molecule has 0 saturated carbocycles. The molecule has 5 nitrogen and oxygen atoms in total. The fourth-order valence-corrected chi connectivity index (χ4v) is 2.48. The highest BCUT2D eigenvalue weighted by Crippen LogP contribution is 2.26. The number of hydrazone groups is 1. The Morgan fingerprint density at radius 1 is 1.38 bits per heavy atom. The summed E-state index contributed by atoms with van der Waals surface area (Å²) in [4.78, 5) is 12.0. The van der Waals surface area contributed by atoms with Crippen molar-refractivity contribution in [3.63, 3.8) is 0 Å². The summed E-state index contributed by atoms with van der Waals surface area (Å²) in [5.74, 6) is 1.01. The Bertz CT molecular complexity index is 660. The van der Waals surface area contributed by atoms with Crippen LogP contribution in [0.1, 0.15) is 26.7 Å². The molecule has 1 aromatic carbocycles. The molecule has 128 valence electrons. The van der Waals surface area contributed by atoms with Crippen LogP contribution >= 0.6 is 0 Å². The standard InChI is InChI=1S/C19H25N3O2/c1-13(2)15-6-5-14(3)18(11-15)21-22-19(23)12-20-16-7-9-17(24-4)10-8-16/h5,7-10,15,20H,1,6,11-12H2,2-4H3,(H,22,23)/b21-18-. The van der Waals surface area contributed by atoms with Crippen LogP contribution in [0.5, 0.6) is 5.75 Å². The van der Waals surface area contributed by atoms with Gasteiger partial charge in [-0.25, -0.2) is 5.43 Å². The van der Waals surface area contributed by atoms with Crippen molar-refractivity contribution < 1.29 is 9.53 Å². The highest BCUT2D eigenvalue weighted by atomic mass is 16.5. The topological polar surface area (TPSA) is 62.7 Å². The van der Waals surface area contributed by atoms with Gasteiger partial charge in [0.25, 0.3) is 5.91 Å². The predicted molar refractivity (Wildman–Crippen MR) is 98.4 cm³/mol. The zero-order valence-corrected chi connectivity index (χ0v) is 14.6. The second-order valence-corrected chi connectivity index (χ2v) is 6.05. The number of rotatable bonds is 6. The monoisotopic (exact) mass is 327 g/mol. The number of methoxy groups -OCH3 is 1. The molecule has 5 heteroatoms. The smallest absolute Gasteiger partial charge is 0.259 e. The molecule has 1 aliphatic carbocycles. The maximum absolute atomic E-state index is 12.0. The largest absolute Gasteiger partial charge is 0.497 e. The van der Waals surface area contributed by atoms with Gasteiger partial charge in [0.2, 0.25) is 0 Å². The summed E-state index contributed by atoms with van der Waals surface area (Å²) < 4.78 is 5.10. The number of nitrogens with zero attached hydrogens (tertiary/aromatic N) is 1. The molecule has 0 radical (unpaired) electrons. The van der Waals surface area contributed by atoms with Gasteiger partial charge in [-0.3, -0.25) is 4.79 Å². The number of hydrogen-bond acceptors (Lipinski definition) is 4. The number of amides is 1. The molecule has 24 heavy (non-hydrogen) atoms. The SMILES string of the molecule is C=C(C)C1CC=C(C)/C(=N\NC(=O)CNc2ccc(OC)cc2)C1. The average molecular weight is 327 g/mol. The molecule has 0 saturated heterocycles. The molecule has 1 amide bonds. The van der Waals surface area contributed by atoms with Gasteiger partial charge in [0.15, 0.2) is 0 Å². The van der Waals surface area contributed by atoms with Crippen molar-refractivity contribution in [2.75, 3.05) is 19.0 Å². The molecule has 0 aliphatic heterocycles. The fraction of sp³-hybridized carbons (Fsp3) is 0.368. The number of allylic oxidation sites excluding steroid dienone is 3. The van der Waals surface area contributed by atoms with E-state index in [-0.39, 0.29) is 12.5 Å². The second-order valence-electron chi connectivity index (χ2n) is 6.05. The highest BCUT2D eigenvalue weighted by Gasteiger charge is 2.18. The van der Waals surface area contributed by atoms with E-state index in [0.717, 1.165) is 41.1 Å². The van der Waals surface area contributed by atoms with E-state index in [1.807, 2.05) is 38.1 Å². The first kappa shape index (κ1) is 17.8. The summed E-state index contributed by atoms with van der Waals surface area (Å²) in [5.41, 5.74) is 6.68. The predicted octanol–water partition coefficient (Wildman–Crippen LogP) is 3.51. The van der Waals surface area contributed by atoms with Crippen molar-refractivity contribution in [3.05, 3.63) is 48.1 Å². The lowest BCUT2D eigenvalue weighted by molar-refractivity contribution is -0.119. The van der Waals surface area contributed by atoms with Gasteiger partial charge in [-0.15, -0.1) is 0 Å². The zero-order chi connectivity index (χ0) is 17.5. The minimum Gasteiger partial charge on any atom is -0.497 e. The molecule has 0 heterocycles. The van der Waals surface area contributed by atoms with Crippen LogP contribution in [0.3, 0.4) is 0 Å². The number of nitrogens with one attached hydrogen (secondary N) is 2. The molecule has 2 rings (SSSR count). The molecule has 1 aliphatic rings. The van der Waals surface area contributed by atoms with Crippen LogP contribution in [0, 0.1) is 5.92 Å². The molecule has 0 spiro atoms. The van der Waals surface area contributed by atoms with Crippen LogP contribution in [0.15, 0.2) is 53.2 Å². The Morgan fingerprint density at radius 2 is 2.08 bits per heavy atom. The van der Waals surface area contributed by atoms with Crippen molar-refractivity contribution in [2.24, 2.45) is 11.0 Å². The first-order valence-electron chi connectivity index (χ1n) is 8.05. The maximum Gasteiger partial charge on any atom is 0.259 e. The number of hydrogen-bond donors (Lipinski definition) is 2. The summed E-state index contributed by atoms with van der Waals surface area (Å²) in [7, 11) is 1.62. The quantitative estimate of drug-likeness (QED) is 0.621. The molecule has 1 aromatic rings. The van der Waals surface area contributed by atoms with Gasteiger partial charge in [-0.05, 0) is 62.4 Å². The summed E-state index contributed by atoms with van der Waals surface area (Å²) >= 11 is 0. The van der Waals surface area contributed by atoms with E-state index < -0.39 is 0 Å². The molecule has 0 bridgehead atoms. The molecule has 2 N–H and O–H groups in total. The van der Waals surface area contributed by atoms with Crippen LogP contribution in [0.25, 0.3) is 0 Å². The molecular formula is C19H25N3O2. The van der Waals surface area contributed by atoms with Crippen LogP contribution in [-0.2, 0) is 4.79 Å². The third kappa shape index (κ3) is 4.98. The summed E-state index contributed by atoms with van der Waals surface area (Å²) in [6.45, 7) is 8.24. The second kappa shape index (κ2) is 8.34. The number of carbonyl (C=O) groups excluding carboxylic acids is 1. The van der Waals surface area contributed by atoms with Crippen molar-refractivity contribution in [3.8, 4) is 5.75 Å². The van der Waals surface area contributed by atoms with Crippen LogP contribution in [0.4, 0.5) is 5.69 Å². The lowest BCUT2D eigenvalue weighted by Gasteiger charge is -2.22. The van der Waals surface area contributed by atoms with Crippen molar-refractivity contribution in [1.82, 2.24) is 5.43 Å². The molecule has 0 fully saturated rings. The first-order chi connectivity index (χ1) is 11.5. The van der Waals surface area contributed by atoms with Crippen molar-refractivity contribution in [2.45, 2.75) is 26.7 Å². The van der Waals surface area contributed by atoms with Gasteiger partial charge < -0.3 is 10.1 Å². The van der Waals surface area contributed by atoms with E-state index in [1.165, 1.54) is 0 Å². The Labute approximate surface area is 143 Å². The van der Waals surface area contributed by atoms with Crippen LogP contribution in [0.2, 0.25) is 0 Å². The lowest BCUT2D eigenvalue weighted by Crippen LogP contribution is -2.28. The van der Waals surface area contributed by atoms with E-state index in [1.54, 1.807) is 7.11 Å². The Balaban J connectivity index is 1.86. The van der Waals surface area contributed by atoms with Gasteiger partial charge >= 0.3 is 0 Å². The van der Waals surface area contributed by atoms with Gasteiger partial charge in [-0.1, -0.05) is 18.2 Å². The fourth-order valence-electron chi connectivity index (χ4n) is 2.48. The number of carbonyl (C=O) groups is 1. The minimum absolute atomic E-state index is 0.162. The third-order valence-corrected chi connectivity index (χ3v) is 4.16. The molecule has 1 atom stereocenters. The third-order valence-electron chi connectivity index (χ3n) is 4.16.